The standard InChI is InChI=1S/C13H20.C3H7NO2/c1-3-5-6-10-13-11-8-7-9-12(13)4-2;1-2(4)3(5)6/h7-9,11H,3-6,10H2,1-2H3;2H,4H2,1H3,(H,5,6). The highest BCUT2D eigenvalue weighted by atomic mass is 16.4. The van der Waals surface area contributed by atoms with E-state index in [0.29, 0.717) is 0 Å². The second kappa shape index (κ2) is 10.6. The topological polar surface area (TPSA) is 63.3 Å². The Morgan fingerprint density at radius 2 is 1.74 bits per heavy atom. The lowest BCUT2D eigenvalue weighted by molar-refractivity contribution is -0.138. The molecule has 1 aromatic rings. The number of aliphatic carboxylic acids is 1. The number of carboxylic acids is 1. The highest BCUT2D eigenvalue weighted by molar-refractivity contribution is 5.72. The predicted molar refractivity (Wildman–Crippen MR) is 80.3 cm³/mol. The molecular weight excluding hydrogens is 238 g/mol. The summed E-state index contributed by atoms with van der Waals surface area (Å²) in [5.74, 6) is -0.963. The van der Waals surface area contributed by atoms with E-state index in [0.717, 1.165) is 0 Å². The van der Waals surface area contributed by atoms with Crippen LogP contribution in [0.2, 0.25) is 0 Å². The number of nitrogens with two attached hydrogens (primary N) is 1. The number of hydrogen-bond acceptors (Lipinski definition) is 2. The third kappa shape index (κ3) is 8.38. The fourth-order valence-corrected chi connectivity index (χ4v) is 1.71. The molecule has 0 aliphatic carbocycles. The van der Waals surface area contributed by atoms with Crippen molar-refractivity contribution in [2.75, 3.05) is 0 Å². The molecule has 0 radical (unpaired) electrons. The number of aryl methyl sites for hydroxylation is 2. The maximum Gasteiger partial charge on any atom is 0.320 e. The highest BCUT2D eigenvalue weighted by Gasteiger charge is 1.99. The van der Waals surface area contributed by atoms with E-state index >= 15 is 0 Å². The molecule has 0 saturated carbocycles. The van der Waals surface area contributed by atoms with Gasteiger partial charge in [0.2, 0.25) is 0 Å². The molecule has 0 heterocycles. The molecule has 0 bridgehead atoms. The first-order valence-electron chi connectivity index (χ1n) is 7.08. The summed E-state index contributed by atoms with van der Waals surface area (Å²) in [5, 5.41) is 7.87. The summed E-state index contributed by atoms with van der Waals surface area (Å²) in [6, 6.07) is 8.09. The maximum atomic E-state index is 9.57. The summed E-state index contributed by atoms with van der Waals surface area (Å²) in [6.07, 6.45) is 6.44. The molecule has 3 nitrogen and oxygen atoms in total. The molecule has 0 saturated heterocycles. The maximum absolute atomic E-state index is 9.57. The van der Waals surface area contributed by atoms with Crippen LogP contribution in [-0.2, 0) is 17.6 Å². The summed E-state index contributed by atoms with van der Waals surface area (Å²) < 4.78 is 0. The van der Waals surface area contributed by atoms with Gasteiger partial charge in [-0.3, -0.25) is 4.79 Å². The van der Waals surface area contributed by atoms with Crippen LogP contribution >= 0.6 is 0 Å². The number of carbonyl (C=O) groups is 1. The summed E-state index contributed by atoms with van der Waals surface area (Å²) >= 11 is 0. The quantitative estimate of drug-likeness (QED) is 0.775. The van der Waals surface area contributed by atoms with Crippen LogP contribution in [0.5, 0.6) is 0 Å². The van der Waals surface area contributed by atoms with Crippen LogP contribution in [0.1, 0.15) is 51.2 Å². The lowest BCUT2D eigenvalue weighted by Crippen LogP contribution is -2.25. The van der Waals surface area contributed by atoms with Gasteiger partial charge in [0.15, 0.2) is 0 Å². The van der Waals surface area contributed by atoms with Crippen molar-refractivity contribution >= 4 is 5.97 Å². The summed E-state index contributed by atoms with van der Waals surface area (Å²) in [7, 11) is 0. The Morgan fingerprint density at radius 3 is 2.16 bits per heavy atom. The van der Waals surface area contributed by atoms with Gasteiger partial charge in [-0.1, -0.05) is 51.0 Å². The zero-order valence-corrected chi connectivity index (χ0v) is 12.4. The Bertz CT molecular complexity index is 362. The Morgan fingerprint density at radius 1 is 1.21 bits per heavy atom. The van der Waals surface area contributed by atoms with Gasteiger partial charge in [-0.25, -0.2) is 0 Å². The van der Waals surface area contributed by atoms with Gasteiger partial charge in [-0.05, 0) is 37.3 Å². The molecule has 0 aliphatic heterocycles. The van der Waals surface area contributed by atoms with Crippen LogP contribution in [0.4, 0.5) is 0 Å². The summed E-state index contributed by atoms with van der Waals surface area (Å²) in [5.41, 5.74) is 7.92. The molecule has 1 aromatic carbocycles. The molecule has 1 unspecified atom stereocenters. The molecular formula is C16H27NO2. The molecule has 108 valence electrons. The van der Waals surface area contributed by atoms with E-state index < -0.39 is 12.0 Å². The number of unbranched alkanes of at least 4 members (excludes halogenated alkanes) is 2. The molecule has 3 N–H and O–H groups in total. The Balaban J connectivity index is 0.000000459. The normalized spacial score (nSPS) is 11.4. The average Bonchev–Trinajstić information content (AvgIpc) is 2.40. The zero-order chi connectivity index (χ0) is 14.7. The van der Waals surface area contributed by atoms with Gasteiger partial charge in [0.25, 0.3) is 0 Å². The van der Waals surface area contributed by atoms with Crippen LogP contribution in [0.15, 0.2) is 24.3 Å². The van der Waals surface area contributed by atoms with E-state index in [1.165, 1.54) is 44.6 Å². The van der Waals surface area contributed by atoms with E-state index in [2.05, 4.69) is 38.1 Å². The van der Waals surface area contributed by atoms with Crippen LogP contribution in [0, 0.1) is 0 Å². The van der Waals surface area contributed by atoms with Crippen LogP contribution in [0.3, 0.4) is 0 Å². The van der Waals surface area contributed by atoms with E-state index in [9.17, 15) is 4.79 Å². The van der Waals surface area contributed by atoms with Crippen molar-refractivity contribution in [3.8, 4) is 0 Å². The molecule has 0 aliphatic rings. The lowest BCUT2D eigenvalue weighted by atomic mass is 10.00. The monoisotopic (exact) mass is 265 g/mol. The van der Waals surface area contributed by atoms with Crippen molar-refractivity contribution in [2.45, 2.75) is 58.9 Å². The first-order valence-corrected chi connectivity index (χ1v) is 7.08. The van der Waals surface area contributed by atoms with E-state index in [4.69, 9.17) is 10.8 Å². The third-order valence-electron chi connectivity index (χ3n) is 2.94. The largest absolute Gasteiger partial charge is 0.480 e. The SMILES string of the molecule is CC(N)C(=O)O.CCCCCc1ccccc1CC. The first kappa shape index (κ1) is 17.6. The number of benzene rings is 1. The first-order chi connectivity index (χ1) is 9.02. The van der Waals surface area contributed by atoms with Crippen molar-refractivity contribution in [3.05, 3.63) is 35.4 Å². The smallest absolute Gasteiger partial charge is 0.320 e. The molecule has 3 heteroatoms. The van der Waals surface area contributed by atoms with Crippen LogP contribution < -0.4 is 5.73 Å². The van der Waals surface area contributed by atoms with Crippen LogP contribution in [0.25, 0.3) is 0 Å². The van der Waals surface area contributed by atoms with Gasteiger partial charge in [0.1, 0.15) is 6.04 Å². The minimum atomic E-state index is -0.963. The molecule has 0 amide bonds. The fraction of sp³-hybridized carbons (Fsp3) is 0.562. The second-order valence-corrected chi connectivity index (χ2v) is 4.71. The van der Waals surface area contributed by atoms with Crippen LogP contribution in [-0.4, -0.2) is 17.1 Å². The van der Waals surface area contributed by atoms with Gasteiger partial charge >= 0.3 is 5.97 Å². The Hall–Kier alpha value is -1.35. The molecule has 0 fully saturated rings. The minimum Gasteiger partial charge on any atom is -0.480 e. The van der Waals surface area contributed by atoms with Crippen molar-refractivity contribution in [3.63, 3.8) is 0 Å². The van der Waals surface area contributed by atoms with Crippen molar-refractivity contribution in [2.24, 2.45) is 5.73 Å². The number of carboxylic acid groups (broad SMARTS) is 1. The number of hydrogen-bond donors (Lipinski definition) is 2. The van der Waals surface area contributed by atoms with Gasteiger partial charge in [-0.2, -0.15) is 0 Å². The Kier molecular flexibility index (Phi) is 9.81. The van der Waals surface area contributed by atoms with Gasteiger partial charge in [-0.15, -0.1) is 0 Å². The van der Waals surface area contributed by atoms with E-state index in [-0.39, 0.29) is 0 Å². The van der Waals surface area contributed by atoms with Gasteiger partial charge in [0, 0.05) is 0 Å². The van der Waals surface area contributed by atoms with Gasteiger partial charge in [0.05, 0.1) is 0 Å². The van der Waals surface area contributed by atoms with Gasteiger partial charge < -0.3 is 10.8 Å². The minimum absolute atomic E-state index is 0.731. The fourth-order valence-electron chi connectivity index (χ4n) is 1.71. The van der Waals surface area contributed by atoms with Crippen molar-refractivity contribution in [1.29, 1.82) is 0 Å². The average molecular weight is 265 g/mol. The zero-order valence-electron chi connectivity index (χ0n) is 12.4. The molecule has 0 aromatic heterocycles. The molecule has 19 heavy (non-hydrogen) atoms. The molecule has 1 atom stereocenters. The molecule has 0 spiro atoms. The van der Waals surface area contributed by atoms with Crippen molar-refractivity contribution in [1.82, 2.24) is 0 Å². The second-order valence-electron chi connectivity index (χ2n) is 4.71. The Labute approximate surface area is 116 Å². The van der Waals surface area contributed by atoms with Crippen molar-refractivity contribution < 1.29 is 9.90 Å². The van der Waals surface area contributed by atoms with E-state index in [1.807, 2.05) is 0 Å². The van der Waals surface area contributed by atoms with E-state index in [1.54, 1.807) is 5.56 Å². The summed E-state index contributed by atoms with van der Waals surface area (Å²) in [6.45, 7) is 5.91. The number of rotatable bonds is 6. The highest BCUT2D eigenvalue weighted by Crippen LogP contribution is 2.12. The predicted octanol–water partition coefficient (Wildman–Crippen LogP) is 3.40. The summed E-state index contributed by atoms with van der Waals surface area (Å²) in [4.78, 5) is 9.57. The molecule has 1 rings (SSSR count). The lowest BCUT2D eigenvalue weighted by Gasteiger charge is -2.06. The third-order valence-corrected chi connectivity index (χ3v) is 2.94.